The maximum absolute atomic E-state index is 12.4. The summed E-state index contributed by atoms with van der Waals surface area (Å²) >= 11 is 0. The van der Waals surface area contributed by atoms with Crippen molar-refractivity contribution < 1.29 is 9.53 Å². The van der Waals surface area contributed by atoms with Gasteiger partial charge in [0.15, 0.2) is 0 Å². The Bertz CT molecular complexity index is 1100. The summed E-state index contributed by atoms with van der Waals surface area (Å²) in [5, 5.41) is 11.9. The van der Waals surface area contributed by atoms with E-state index in [2.05, 4.69) is 40.6 Å². The molecule has 0 spiro atoms. The number of rotatable bonds is 4. The van der Waals surface area contributed by atoms with E-state index in [-0.39, 0.29) is 12.5 Å². The van der Waals surface area contributed by atoms with Gasteiger partial charge in [0.05, 0.1) is 11.3 Å². The molecule has 5 nitrogen and oxygen atoms in total. The fourth-order valence-electron chi connectivity index (χ4n) is 4.05. The van der Waals surface area contributed by atoms with Crippen LogP contribution >= 0.6 is 0 Å². The zero-order valence-corrected chi connectivity index (χ0v) is 15.8. The molecule has 1 heterocycles. The molecule has 5 rings (SSSR count). The largest absolute Gasteiger partial charge is 0.448 e. The van der Waals surface area contributed by atoms with Crippen molar-refractivity contribution in [1.82, 2.24) is 4.98 Å². The number of nitriles is 1. The van der Waals surface area contributed by atoms with Crippen molar-refractivity contribution in [3.05, 3.63) is 83.0 Å². The van der Waals surface area contributed by atoms with Crippen LogP contribution in [0.5, 0.6) is 0 Å². The van der Waals surface area contributed by atoms with Crippen LogP contribution in [0.4, 0.5) is 10.6 Å². The molecule has 1 amide bonds. The molecule has 1 N–H and O–H groups in total. The number of pyridine rings is 1. The second-order valence-electron chi connectivity index (χ2n) is 7.47. The highest BCUT2D eigenvalue weighted by molar-refractivity contribution is 5.84. The molecular formula is C24H19N3O2. The Balaban J connectivity index is 1.30. The molecule has 1 fully saturated rings. The number of carbonyl (C=O) groups excluding carboxylic acids is 1. The number of hydrogen-bond acceptors (Lipinski definition) is 4. The average Bonchev–Trinajstić information content (AvgIpc) is 3.55. The summed E-state index contributed by atoms with van der Waals surface area (Å²) in [6, 6.07) is 22.0. The second kappa shape index (κ2) is 7.06. The topological polar surface area (TPSA) is 75.0 Å². The number of nitrogens with one attached hydrogen (secondary N) is 1. The molecule has 142 valence electrons. The fraction of sp³-hybridized carbons (Fsp3) is 0.208. The van der Waals surface area contributed by atoms with Crippen LogP contribution in [0.3, 0.4) is 0 Å². The van der Waals surface area contributed by atoms with Crippen molar-refractivity contribution in [3.8, 4) is 17.2 Å². The molecule has 0 bridgehead atoms. The van der Waals surface area contributed by atoms with Crippen LogP contribution in [0, 0.1) is 11.3 Å². The fourth-order valence-corrected chi connectivity index (χ4v) is 4.05. The van der Waals surface area contributed by atoms with E-state index in [0.29, 0.717) is 17.3 Å². The number of aromatic nitrogens is 1. The van der Waals surface area contributed by atoms with Crippen molar-refractivity contribution in [2.75, 3.05) is 11.9 Å². The normalized spacial score (nSPS) is 14.6. The lowest BCUT2D eigenvalue weighted by Crippen LogP contribution is -2.18. The van der Waals surface area contributed by atoms with Gasteiger partial charge in [0, 0.05) is 11.8 Å². The van der Waals surface area contributed by atoms with Crippen LogP contribution in [0.15, 0.2) is 60.7 Å². The minimum atomic E-state index is -0.536. The predicted octanol–water partition coefficient (Wildman–Crippen LogP) is 5.19. The summed E-state index contributed by atoms with van der Waals surface area (Å²) in [6.07, 6.45) is 1.54. The van der Waals surface area contributed by atoms with Gasteiger partial charge in [0.25, 0.3) is 0 Å². The van der Waals surface area contributed by atoms with Crippen molar-refractivity contribution in [2.24, 2.45) is 0 Å². The summed E-state index contributed by atoms with van der Waals surface area (Å²) in [7, 11) is 0. The molecular weight excluding hydrogens is 362 g/mol. The number of benzene rings is 2. The minimum absolute atomic E-state index is 0.0177. The molecule has 0 aliphatic heterocycles. The van der Waals surface area contributed by atoms with Crippen LogP contribution in [-0.4, -0.2) is 17.7 Å². The van der Waals surface area contributed by atoms with Crippen LogP contribution in [0.2, 0.25) is 0 Å². The number of hydrogen-bond donors (Lipinski definition) is 1. The van der Waals surface area contributed by atoms with Gasteiger partial charge in [-0.15, -0.1) is 0 Å². The van der Waals surface area contributed by atoms with E-state index < -0.39 is 6.09 Å². The summed E-state index contributed by atoms with van der Waals surface area (Å²) in [5.74, 6) is 0.765. The Morgan fingerprint density at radius 3 is 2.31 bits per heavy atom. The highest BCUT2D eigenvalue weighted by Gasteiger charge is 2.30. The molecule has 0 radical (unpaired) electrons. The van der Waals surface area contributed by atoms with Crippen molar-refractivity contribution >= 4 is 11.9 Å². The molecule has 1 aromatic heterocycles. The van der Waals surface area contributed by atoms with Crippen molar-refractivity contribution in [1.29, 1.82) is 5.26 Å². The highest BCUT2D eigenvalue weighted by atomic mass is 16.5. The lowest BCUT2D eigenvalue weighted by molar-refractivity contribution is 0.158. The van der Waals surface area contributed by atoms with E-state index in [0.717, 1.165) is 18.5 Å². The molecule has 0 atom stereocenters. The maximum atomic E-state index is 12.4. The van der Waals surface area contributed by atoms with Crippen LogP contribution in [0.25, 0.3) is 11.1 Å². The standard InChI is InChI=1S/C24H19N3O2/c25-13-16-11-12-22(26-23(16)15-9-10-15)27-24(28)29-14-21-19-7-3-1-5-17(19)18-6-2-4-8-20(18)21/h1-8,11-12,15,21H,9-10,14H2,(H,26,27,28). The van der Waals surface area contributed by atoms with E-state index in [9.17, 15) is 10.1 Å². The van der Waals surface area contributed by atoms with E-state index in [4.69, 9.17) is 4.74 Å². The molecule has 5 heteroatoms. The Labute approximate surface area is 169 Å². The number of nitrogens with zero attached hydrogens (tertiary/aromatic N) is 2. The average molecular weight is 381 g/mol. The lowest BCUT2D eigenvalue weighted by atomic mass is 9.98. The summed E-state index contributed by atoms with van der Waals surface area (Å²) < 4.78 is 5.56. The summed E-state index contributed by atoms with van der Waals surface area (Å²) in [4.78, 5) is 16.9. The zero-order valence-electron chi connectivity index (χ0n) is 15.8. The van der Waals surface area contributed by atoms with Crippen molar-refractivity contribution in [3.63, 3.8) is 0 Å². The van der Waals surface area contributed by atoms with Crippen LogP contribution in [-0.2, 0) is 4.74 Å². The Kier molecular flexibility index (Phi) is 4.25. The van der Waals surface area contributed by atoms with Gasteiger partial charge in [-0.3, -0.25) is 5.32 Å². The van der Waals surface area contributed by atoms with Crippen LogP contribution < -0.4 is 5.32 Å². The van der Waals surface area contributed by atoms with Crippen molar-refractivity contribution in [2.45, 2.75) is 24.7 Å². The van der Waals surface area contributed by atoms with Gasteiger partial charge in [-0.2, -0.15) is 5.26 Å². The number of fused-ring (bicyclic) bond motifs is 3. The quantitative estimate of drug-likeness (QED) is 0.675. The first-order chi connectivity index (χ1) is 14.2. The molecule has 2 aliphatic carbocycles. The van der Waals surface area contributed by atoms with Gasteiger partial charge in [-0.05, 0) is 47.2 Å². The van der Waals surface area contributed by atoms with Crippen LogP contribution in [0.1, 0.15) is 47.1 Å². The Hall–Kier alpha value is -3.65. The molecule has 0 unspecified atom stereocenters. The number of anilines is 1. The first-order valence-electron chi connectivity index (χ1n) is 9.77. The second-order valence-corrected chi connectivity index (χ2v) is 7.47. The molecule has 2 aliphatic rings. The third kappa shape index (κ3) is 3.23. The van der Waals surface area contributed by atoms with Gasteiger partial charge in [-0.1, -0.05) is 48.5 Å². The smallest absolute Gasteiger partial charge is 0.412 e. The van der Waals surface area contributed by atoms with Gasteiger partial charge in [0.2, 0.25) is 0 Å². The summed E-state index contributed by atoms with van der Waals surface area (Å²) in [6.45, 7) is 0.256. The van der Waals surface area contributed by atoms with Gasteiger partial charge in [0.1, 0.15) is 18.5 Å². The Morgan fingerprint density at radius 1 is 1.03 bits per heavy atom. The number of carbonyl (C=O) groups is 1. The van der Waals surface area contributed by atoms with Gasteiger partial charge < -0.3 is 4.74 Å². The minimum Gasteiger partial charge on any atom is -0.448 e. The predicted molar refractivity (Wildman–Crippen MR) is 110 cm³/mol. The first-order valence-corrected chi connectivity index (χ1v) is 9.77. The number of ether oxygens (including phenoxy) is 1. The van der Waals surface area contributed by atoms with E-state index >= 15 is 0 Å². The maximum Gasteiger partial charge on any atom is 0.412 e. The van der Waals surface area contributed by atoms with E-state index in [1.54, 1.807) is 12.1 Å². The molecule has 3 aromatic rings. The van der Waals surface area contributed by atoms with E-state index in [1.807, 2.05) is 24.3 Å². The van der Waals surface area contributed by atoms with E-state index in [1.165, 1.54) is 22.3 Å². The lowest BCUT2D eigenvalue weighted by Gasteiger charge is -2.14. The Morgan fingerprint density at radius 2 is 1.69 bits per heavy atom. The third-order valence-corrected chi connectivity index (χ3v) is 5.58. The molecule has 0 saturated heterocycles. The number of amides is 1. The third-order valence-electron chi connectivity index (χ3n) is 5.58. The molecule has 29 heavy (non-hydrogen) atoms. The monoisotopic (exact) mass is 381 g/mol. The summed E-state index contributed by atoms with van der Waals surface area (Å²) in [5.41, 5.74) is 6.08. The SMILES string of the molecule is N#Cc1ccc(NC(=O)OCC2c3ccccc3-c3ccccc32)nc1C1CC1. The molecule has 1 saturated carbocycles. The van der Waals surface area contributed by atoms with Gasteiger partial charge >= 0.3 is 6.09 Å². The zero-order chi connectivity index (χ0) is 19.8. The molecule has 2 aromatic carbocycles. The first kappa shape index (κ1) is 17.4. The van der Waals surface area contributed by atoms with Gasteiger partial charge in [-0.25, -0.2) is 9.78 Å². The highest BCUT2D eigenvalue weighted by Crippen LogP contribution is 2.44.